The summed E-state index contributed by atoms with van der Waals surface area (Å²) in [6.07, 6.45) is 4.02. The van der Waals surface area contributed by atoms with E-state index in [4.69, 9.17) is 10.5 Å². The number of likely N-dealkylation sites (tertiary alicyclic amines) is 1. The van der Waals surface area contributed by atoms with Crippen LogP contribution in [-0.4, -0.2) is 47.4 Å². The van der Waals surface area contributed by atoms with Gasteiger partial charge in [-0.25, -0.2) is 4.52 Å². The molecule has 0 radical (unpaired) electrons. The number of ether oxygens (including phenoxy) is 1. The Balaban J connectivity index is 0.00000144. The number of nitrogen functional groups attached to an aromatic ring is 1. The van der Waals surface area contributed by atoms with E-state index in [0.29, 0.717) is 18.2 Å². The van der Waals surface area contributed by atoms with Crippen molar-refractivity contribution in [2.24, 2.45) is 0 Å². The monoisotopic (exact) mass is 374 g/mol. The summed E-state index contributed by atoms with van der Waals surface area (Å²) in [6.45, 7) is 8.33. The predicted molar refractivity (Wildman–Crippen MR) is 96.5 cm³/mol. The van der Waals surface area contributed by atoms with Gasteiger partial charge in [-0.15, -0.1) is 17.5 Å². The van der Waals surface area contributed by atoms with Crippen LogP contribution in [0.5, 0.6) is 5.88 Å². The Labute approximate surface area is 156 Å². The van der Waals surface area contributed by atoms with E-state index in [9.17, 15) is 0 Å². The lowest BCUT2D eigenvalue weighted by atomic mass is 10.1. The molecule has 0 aliphatic carbocycles. The van der Waals surface area contributed by atoms with Gasteiger partial charge in [0.05, 0.1) is 25.7 Å². The summed E-state index contributed by atoms with van der Waals surface area (Å²) in [5.74, 6) is 0.567. The van der Waals surface area contributed by atoms with E-state index in [-0.39, 0.29) is 24.8 Å². The first kappa shape index (κ1) is 20.9. The molecule has 2 aromatic rings. The van der Waals surface area contributed by atoms with Crippen LogP contribution >= 0.6 is 12.4 Å². The zero-order chi connectivity index (χ0) is 15.7. The molecular formula is C17H28Cl2N4O. The fourth-order valence-electron chi connectivity index (χ4n) is 3.30. The standard InChI is InChI=1S/C17H27N4O.2ClH/c1-13-7-8-15-16(18)17(19-20(15)14(13)2)22-12-11-21(3)9-5-4-6-10-21;;/h7-8H,4-6,9-12,18H2,1-3H3;2*1H/q+1;;/p-1. The van der Waals surface area contributed by atoms with E-state index in [2.05, 4.69) is 32.1 Å². The van der Waals surface area contributed by atoms with Gasteiger partial charge in [-0.3, -0.25) is 0 Å². The maximum absolute atomic E-state index is 6.20. The molecule has 0 atom stereocenters. The first-order chi connectivity index (χ1) is 10.5. The van der Waals surface area contributed by atoms with E-state index in [1.165, 1.54) is 37.9 Å². The van der Waals surface area contributed by atoms with Crippen LogP contribution in [0.4, 0.5) is 5.69 Å². The summed E-state index contributed by atoms with van der Waals surface area (Å²) in [7, 11) is 2.32. The molecule has 0 aromatic carbocycles. The third-order valence-electron chi connectivity index (χ3n) is 5.07. The van der Waals surface area contributed by atoms with Crippen LogP contribution in [-0.2, 0) is 0 Å². The molecule has 2 aromatic heterocycles. The van der Waals surface area contributed by atoms with Gasteiger partial charge in [0, 0.05) is 5.69 Å². The summed E-state index contributed by atoms with van der Waals surface area (Å²) in [5.41, 5.74) is 10.1. The van der Waals surface area contributed by atoms with E-state index < -0.39 is 0 Å². The predicted octanol–water partition coefficient (Wildman–Crippen LogP) is -0.0316. The number of aromatic nitrogens is 2. The molecule has 3 heterocycles. The molecule has 1 aliphatic rings. The minimum atomic E-state index is 0. The van der Waals surface area contributed by atoms with Gasteiger partial charge in [0.25, 0.3) is 5.88 Å². The van der Waals surface area contributed by atoms with Crippen LogP contribution in [0.3, 0.4) is 0 Å². The lowest BCUT2D eigenvalue weighted by molar-refractivity contribution is -0.914. The number of halogens is 2. The quantitative estimate of drug-likeness (QED) is 0.764. The molecule has 0 unspecified atom stereocenters. The molecular weight excluding hydrogens is 347 g/mol. The molecule has 7 heteroatoms. The van der Waals surface area contributed by atoms with Crippen molar-refractivity contribution in [2.75, 3.05) is 39.0 Å². The second kappa shape index (κ2) is 8.28. The van der Waals surface area contributed by atoms with Crippen molar-refractivity contribution in [3.8, 4) is 5.88 Å². The van der Waals surface area contributed by atoms with E-state index >= 15 is 0 Å². The second-order valence-corrected chi connectivity index (χ2v) is 6.82. The van der Waals surface area contributed by atoms with Gasteiger partial charge in [0.15, 0.2) is 0 Å². The molecule has 1 fully saturated rings. The average Bonchev–Trinajstić information content (AvgIpc) is 2.81. The topological polar surface area (TPSA) is 52.5 Å². The number of likely N-dealkylation sites (N-methyl/N-ethyl adjacent to an activating group) is 1. The van der Waals surface area contributed by atoms with Crippen molar-refractivity contribution in [2.45, 2.75) is 33.1 Å². The van der Waals surface area contributed by atoms with Gasteiger partial charge in [-0.05, 0) is 44.7 Å². The van der Waals surface area contributed by atoms with Crippen LogP contribution in [0.1, 0.15) is 30.5 Å². The van der Waals surface area contributed by atoms with Gasteiger partial charge in [-0.1, -0.05) is 6.07 Å². The Morgan fingerprint density at radius 3 is 2.54 bits per heavy atom. The maximum Gasteiger partial charge on any atom is 0.257 e. The summed E-state index contributed by atoms with van der Waals surface area (Å²) < 4.78 is 8.90. The maximum atomic E-state index is 6.20. The number of piperidine rings is 1. The number of nitrogens with zero attached hydrogens (tertiary/aromatic N) is 3. The molecule has 1 aliphatic heterocycles. The highest BCUT2D eigenvalue weighted by atomic mass is 35.5. The van der Waals surface area contributed by atoms with E-state index in [1.807, 2.05) is 10.6 Å². The largest absolute Gasteiger partial charge is 1.00 e. The third-order valence-corrected chi connectivity index (χ3v) is 5.07. The lowest BCUT2D eigenvalue weighted by Gasteiger charge is -2.37. The number of nitrogens with two attached hydrogens (primary N) is 1. The molecule has 136 valence electrons. The SMILES string of the molecule is Cc1ccc2c(N)c(OCC[N+]3(C)CCCCC3)nn2c1C.Cl.[Cl-]. The molecule has 0 spiro atoms. The smallest absolute Gasteiger partial charge is 0.257 e. The summed E-state index contributed by atoms with van der Waals surface area (Å²) in [4.78, 5) is 0. The Morgan fingerprint density at radius 1 is 1.21 bits per heavy atom. The third kappa shape index (κ3) is 4.08. The lowest BCUT2D eigenvalue weighted by Crippen LogP contribution is -3.00. The Bertz CT molecular complexity index is 681. The van der Waals surface area contributed by atoms with Gasteiger partial charge in [0.2, 0.25) is 0 Å². The highest BCUT2D eigenvalue weighted by Crippen LogP contribution is 2.27. The highest BCUT2D eigenvalue weighted by Gasteiger charge is 2.24. The van der Waals surface area contributed by atoms with Crippen LogP contribution in [0.15, 0.2) is 12.1 Å². The molecule has 24 heavy (non-hydrogen) atoms. The van der Waals surface area contributed by atoms with E-state index in [0.717, 1.165) is 22.2 Å². The molecule has 2 N–H and O–H groups in total. The number of rotatable bonds is 4. The van der Waals surface area contributed by atoms with Crippen LogP contribution in [0.2, 0.25) is 0 Å². The number of hydrogen-bond donors (Lipinski definition) is 1. The van der Waals surface area contributed by atoms with E-state index in [1.54, 1.807) is 0 Å². The minimum absolute atomic E-state index is 0. The van der Waals surface area contributed by atoms with Crippen molar-refractivity contribution in [3.05, 3.63) is 23.4 Å². The normalized spacial score (nSPS) is 16.3. The summed E-state index contributed by atoms with van der Waals surface area (Å²) >= 11 is 0. The number of hydrogen-bond acceptors (Lipinski definition) is 3. The highest BCUT2D eigenvalue weighted by molar-refractivity contribution is 5.85. The van der Waals surface area contributed by atoms with Crippen molar-refractivity contribution in [1.82, 2.24) is 9.61 Å². The number of anilines is 1. The Morgan fingerprint density at radius 2 is 1.88 bits per heavy atom. The number of quaternary nitrogens is 1. The van der Waals surface area contributed by atoms with Gasteiger partial charge >= 0.3 is 0 Å². The molecule has 1 saturated heterocycles. The minimum Gasteiger partial charge on any atom is -1.00 e. The Hall–Kier alpha value is -1.17. The Kier molecular flexibility index (Phi) is 7.20. The van der Waals surface area contributed by atoms with Crippen LogP contribution < -0.4 is 22.9 Å². The van der Waals surface area contributed by atoms with Crippen LogP contribution in [0, 0.1) is 13.8 Å². The van der Waals surface area contributed by atoms with Crippen molar-refractivity contribution >= 4 is 23.6 Å². The van der Waals surface area contributed by atoms with Crippen LogP contribution in [0.25, 0.3) is 5.52 Å². The molecule has 5 nitrogen and oxygen atoms in total. The number of aryl methyl sites for hydroxylation is 2. The van der Waals surface area contributed by atoms with Crippen molar-refractivity contribution in [1.29, 1.82) is 0 Å². The molecule has 3 rings (SSSR count). The first-order valence-corrected chi connectivity index (χ1v) is 8.21. The fraction of sp³-hybridized carbons (Fsp3) is 0.588. The zero-order valence-electron chi connectivity index (χ0n) is 14.7. The first-order valence-electron chi connectivity index (χ1n) is 8.21. The molecule has 0 bridgehead atoms. The van der Waals surface area contributed by atoms with Crippen molar-refractivity contribution < 1.29 is 21.6 Å². The van der Waals surface area contributed by atoms with Gasteiger partial charge in [0.1, 0.15) is 18.8 Å². The molecule has 0 saturated carbocycles. The summed E-state index contributed by atoms with van der Waals surface area (Å²) in [5, 5.41) is 4.54. The van der Waals surface area contributed by atoms with Gasteiger partial charge in [-0.2, -0.15) is 0 Å². The molecule has 0 amide bonds. The summed E-state index contributed by atoms with van der Waals surface area (Å²) in [6, 6.07) is 4.09. The fourth-order valence-corrected chi connectivity index (χ4v) is 3.30. The van der Waals surface area contributed by atoms with Crippen molar-refractivity contribution in [3.63, 3.8) is 0 Å². The second-order valence-electron chi connectivity index (χ2n) is 6.82. The zero-order valence-corrected chi connectivity index (χ0v) is 16.3. The number of fused-ring (bicyclic) bond motifs is 1. The van der Waals surface area contributed by atoms with Gasteiger partial charge < -0.3 is 27.4 Å². The average molecular weight is 375 g/mol. The number of pyridine rings is 1.